The Labute approximate surface area is 95.2 Å². The Bertz CT molecular complexity index is 291. The first-order chi connectivity index (χ1) is 7.76. The molecular formula is C10H19N3O3. The van der Waals surface area contributed by atoms with Crippen LogP contribution in [0.2, 0.25) is 0 Å². The highest BCUT2D eigenvalue weighted by atomic mass is 16.5. The minimum Gasteiger partial charge on any atom is -0.396 e. The van der Waals surface area contributed by atoms with Crippen molar-refractivity contribution in [2.24, 2.45) is 0 Å². The molecule has 16 heavy (non-hydrogen) atoms. The molecule has 0 saturated heterocycles. The quantitative estimate of drug-likeness (QED) is 0.680. The van der Waals surface area contributed by atoms with Crippen molar-refractivity contribution in [1.29, 1.82) is 0 Å². The minimum atomic E-state index is 0.202. The normalized spacial score (nSPS) is 11.2. The molecule has 0 aliphatic carbocycles. The van der Waals surface area contributed by atoms with Crippen molar-refractivity contribution >= 4 is 0 Å². The number of aromatic nitrogens is 2. The molecule has 1 rings (SSSR count). The summed E-state index contributed by atoms with van der Waals surface area (Å²) in [5.41, 5.74) is 0. The van der Waals surface area contributed by atoms with Gasteiger partial charge in [0.05, 0.1) is 13.2 Å². The lowest BCUT2D eigenvalue weighted by Crippen LogP contribution is -2.20. The van der Waals surface area contributed by atoms with Gasteiger partial charge < -0.3 is 14.4 Å². The fourth-order valence-electron chi connectivity index (χ4n) is 1.30. The zero-order valence-electron chi connectivity index (χ0n) is 9.85. The van der Waals surface area contributed by atoms with Crippen LogP contribution in [-0.2, 0) is 17.7 Å². The SMILES string of the molecule is COCCc1noc(CN(C)CCCO)n1. The van der Waals surface area contributed by atoms with Crippen LogP contribution in [0, 0.1) is 0 Å². The minimum absolute atomic E-state index is 0.202. The Kier molecular flexibility index (Phi) is 5.99. The highest BCUT2D eigenvalue weighted by Gasteiger charge is 2.08. The average molecular weight is 229 g/mol. The van der Waals surface area contributed by atoms with Gasteiger partial charge in [-0.3, -0.25) is 4.90 Å². The average Bonchev–Trinajstić information content (AvgIpc) is 2.71. The molecule has 1 aromatic heterocycles. The van der Waals surface area contributed by atoms with Crippen molar-refractivity contribution in [3.8, 4) is 0 Å². The maximum Gasteiger partial charge on any atom is 0.240 e. The molecule has 0 fully saturated rings. The summed E-state index contributed by atoms with van der Waals surface area (Å²) in [6, 6.07) is 0. The lowest BCUT2D eigenvalue weighted by molar-refractivity contribution is 0.199. The number of hydrogen-bond acceptors (Lipinski definition) is 6. The Morgan fingerprint density at radius 1 is 1.50 bits per heavy atom. The third kappa shape index (κ3) is 4.69. The van der Waals surface area contributed by atoms with Crippen LogP contribution in [0.15, 0.2) is 4.52 Å². The van der Waals surface area contributed by atoms with Gasteiger partial charge in [0, 0.05) is 26.7 Å². The third-order valence-electron chi connectivity index (χ3n) is 2.14. The molecule has 1 N–H and O–H groups in total. The maximum absolute atomic E-state index is 8.69. The number of aliphatic hydroxyl groups excluding tert-OH is 1. The van der Waals surface area contributed by atoms with Gasteiger partial charge in [-0.25, -0.2) is 0 Å². The molecule has 0 amide bonds. The van der Waals surface area contributed by atoms with Crippen molar-refractivity contribution in [3.05, 3.63) is 11.7 Å². The van der Waals surface area contributed by atoms with Gasteiger partial charge in [0.1, 0.15) is 0 Å². The Hall–Kier alpha value is -0.980. The second kappa shape index (κ2) is 7.32. The standard InChI is InChI=1S/C10H19N3O3/c1-13(5-3-6-14)8-10-11-9(12-16-10)4-7-15-2/h14H,3-8H2,1-2H3. The Morgan fingerprint density at radius 2 is 2.31 bits per heavy atom. The van der Waals surface area contributed by atoms with Crippen molar-refractivity contribution in [2.45, 2.75) is 19.4 Å². The topological polar surface area (TPSA) is 71.6 Å². The van der Waals surface area contributed by atoms with E-state index < -0.39 is 0 Å². The first-order valence-corrected chi connectivity index (χ1v) is 5.36. The van der Waals surface area contributed by atoms with Crippen LogP contribution in [0.1, 0.15) is 18.1 Å². The summed E-state index contributed by atoms with van der Waals surface area (Å²) in [5.74, 6) is 1.28. The molecule has 0 saturated carbocycles. The van der Waals surface area contributed by atoms with E-state index in [0.29, 0.717) is 31.3 Å². The van der Waals surface area contributed by atoms with Gasteiger partial charge in [0.25, 0.3) is 0 Å². The van der Waals surface area contributed by atoms with Gasteiger partial charge >= 0.3 is 0 Å². The zero-order valence-corrected chi connectivity index (χ0v) is 9.85. The second-order valence-electron chi connectivity index (χ2n) is 3.66. The molecular weight excluding hydrogens is 210 g/mol. The number of ether oxygens (including phenoxy) is 1. The van der Waals surface area contributed by atoms with E-state index in [4.69, 9.17) is 14.4 Å². The van der Waals surface area contributed by atoms with Crippen LogP contribution >= 0.6 is 0 Å². The predicted molar refractivity (Wildman–Crippen MR) is 57.9 cm³/mol. The van der Waals surface area contributed by atoms with Crippen molar-refractivity contribution in [3.63, 3.8) is 0 Å². The monoisotopic (exact) mass is 229 g/mol. The molecule has 0 radical (unpaired) electrons. The number of nitrogens with zero attached hydrogens (tertiary/aromatic N) is 3. The summed E-state index contributed by atoms with van der Waals surface area (Å²) in [7, 11) is 3.60. The van der Waals surface area contributed by atoms with E-state index in [0.717, 1.165) is 13.0 Å². The van der Waals surface area contributed by atoms with E-state index in [1.807, 2.05) is 11.9 Å². The number of hydrogen-bond donors (Lipinski definition) is 1. The van der Waals surface area contributed by atoms with Gasteiger partial charge in [0.15, 0.2) is 5.82 Å². The fraction of sp³-hybridized carbons (Fsp3) is 0.800. The van der Waals surface area contributed by atoms with E-state index in [1.165, 1.54) is 0 Å². The molecule has 0 aromatic carbocycles. The van der Waals surface area contributed by atoms with Gasteiger partial charge in [0.2, 0.25) is 5.89 Å². The van der Waals surface area contributed by atoms with Gasteiger partial charge in [-0.2, -0.15) is 4.98 Å². The molecule has 0 aliphatic rings. The zero-order chi connectivity index (χ0) is 11.8. The molecule has 0 unspecified atom stereocenters. The van der Waals surface area contributed by atoms with Crippen LogP contribution < -0.4 is 0 Å². The highest BCUT2D eigenvalue weighted by Crippen LogP contribution is 2.02. The summed E-state index contributed by atoms with van der Waals surface area (Å²) >= 11 is 0. The molecule has 0 aliphatic heterocycles. The first kappa shape index (κ1) is 13.1. The van der Waals surface area contributed by atoms with E-state index in [-0.39, 0.29) is 6.61 Å². The number of rotatable bonds is 8. The molecule has 6 nitrogen and oxygen atoms in total. The van der Waals surface area contributed by atoms with E-state index in [2.05, 4.69) is 10.1 Å². The van der Waals surface area contributed by atoms with E-state index in [9.17, 15) is 0 Å². The lowest BCUT2D eigenvalue weighted by Gasteiger charge is -2.12. The van der Waals surface area contributed by atoms with Gasteiger partial charge in [-0.1, -0.05) is 5.16 Å². The molecule has 92 valence electrons. The summed E-state index contributed by atoms with van der Waals surface area (Å²) in [6.45, 7) is 2.22. The van der Waals surface area contributed by atoms with Crippen molar-refractivity contribution in [2.75, 3.05) is 33.9 Å². The summed E-state index contributed by atoms with van der Waals surface area (Å²) in [6.07, 6.45) is 1.42. The van der Waals surface area contributed by atoms with Crippen LogP contribution in [0.3, 0.4) is 0 Å². The number of aliphatic hydroxyl groups is 1. The highest BCUT2D eigenvalue weighted by molar-refractivity contribution is 4.86. The smallest absolute Gasteiger partial charge is 0.240 e. The molecule has 0 bridgehead atoms. The van der Waals surface area contributed by atoms with Crippen molar-refractivity contribution < 1.29 is 14.4 Å². The largest absolute Gasteiger partial charge is 0.396 e. The van der Waals surface area contributed by atoms with Gasteiger partial charge in [-0.05, 0) is 13.5 Å². The summed E-state index contributed by atoms with van der Waals surface area (Å²) < 4.78 is 10.0. The molecule has 0 spiro atoms. The predicted octanol–water partition coefficient (Wildman–Crippen LogP) is 0.0727. The third-order valence-corrected chi connectivity index (χ3v) is 2.14. The fourth-order valence-corrected chi connectivity index (χ4v) is 1.30. The van der Waals surface area contributed by atoms with Crippen LogP contribution in [-0.4, -0.2) is 54.1 Å². The Balaban J connectivity index is 2.33. The summed E-state index contributed by atoms with van der Waals surface area (Å²) in [4.78, 5) is 6.27. The number of methoxy groups -OCH3 is 1. The second-order valence-corrected chi connectivity index (χ2v) is 3.66. The first-order valence-electron chi connectivity index (χ1n) is 5.36. The van der Waals surface area contributed by atoms with Crippen LogP contribution in [0.5, 0.6) is 0 Å². The maximum atomic E-state index is 8.69. The van der Waals surface area contributed by atoms with Crippen molar-refractivity contribution in [1.82, 2.24) is 15.0 Å². The van der Waals surface area contributed by atoms with Crippen LogP contribution in [0.25, 0.3) is 0 Å². The molecule has 1 aromatic rings. The molecule has 1 heterocycles. The summed E-state index contributed by atoms with van der Waals surface area (Å²) in [5, 5.41) is 12.5. The molecule has 0 atom stereocenters. The van der Waals surface area contributed by atoms with Gasteiger partial charge in [-0.15, -0.1) is 0 Å². The Morgan fingerprint density at radius 3 is 3.00 bits per heavy atom. The molecule has 6 heteroatoms. The van der Waals surface area contributed by atoms with E-state index >= 15 is 0 Å². The lowest BCUT2D eigenvalue weighted by atomic mass is 10.4. The van der Waals surface area contributed by atoms with E-state index in [1.54, 1.807) is 7.11 Å². The van der Waals surface area contributed by atoms with Crippen LogP contribution in [0.4, 0.5) is 0 Å².